The summed E-state index contributed by atoms with van der Waals surface area (Å²) in [5.41, 5.74) is 1.26. The van der Waals surface area contributed by atoms with Gasteiger partial charge in [0.1, 0.15) is 24.2 Å². The highest BCUT2D eigenvalue weighted by molar-refractivity contribution is 9.10. The van der Waals surface area contributed by atoms with Gasteiger partial charge in [0.2, 0.25) is 21.6 Å². The second kappa shape index (κ2) is 10.4. The maximum Gasteiger partial charge on any atom is 0.266 e. The van der Waals surface area contributed by atoms with Crippen LogP contribution in [0.25, 0.3) is 11.7 Å². The minimum absolute atomic E-state index is 0.118. The van der Waals surface area contributed by atoms with Gasteiger partial charge in [0.05, 0.1) is 4.90 Å². The van der Waals surface area contributed by atoms with E-state index in [0.717, 1.165) is 11.3 Å². The summed E-state index contributed by atoms with van der Waals surface area (Å²) in [5, 5.41) is 9.64. The maximum absolute atomic E-state index is 13.0. The first kappa shape index (κ1) is 25.1. The number of sulfonamides is 1. The van der Waals surface area contributed by atoms with E-state index in [4.69, 9.17) is 13.6 Å². The lowest BCUT2D eigenvalue weighted by Crippen LogP contribution is -2.48. The molecular weight excluding hydrogens is 560 g/mol. The summed E-state index contributed by atoms with van der Waals surface area (Å²) in [4.78, 5) is 6.36. The van der Waals surface area contributed by atoms with E-state index in [1.165, 1.54) is 4.31 Å². The molecule has 0 atom stereocenters. The minimum Gasteiger partial charge on any atom is -0.486 e. The molecule has 0 bridgehead atoms. The number of anilines is 1. The standard InChI is InChI=1S/C26H23BrN4O5S/c1-18-5-7-20(8-6-18)34-17-21-9-10-24(35-21)25-29-23(16-28)26(36-25)30-11-13-31(14-12-30)37(32,33)22-4-2-3-19(27)15-22/h2-10,15H,11-14,17H2,1H3. The number of rotatable bonds is 7. The zero-order valence-corrected chi connectivity index (χ0v) is 22.3. The molecule has 5 rings (SSSR count). The molecule has 1 fully saturated rings. The van der Waals surface area contributed by atoms with Gasteiger partial charge in [0.25, 0.3) is 5.89 Å². The van der Waals surface area contributed by atoms with Crippen LogP contribution in [0.1, 0.15) is 17.0 Å². The molecule has 1 aliphatic rings. The largest absolute Gasteiger partial charge is 0.486 e. The highest BCUT2D eigenvalue weighted by Crippen LogP contribution is 2.31. The average Bonchev–Trinajstić information content (AvgIpc) is 3.56. The van der Waals surface area contributed by atoms with Gasteiger partial charge in [0.15, 0.2) is 5.76 Å². The molecule has 0 unspecified atom stereocenters. The monoisotopic (exact) mass is 582 g/mol. The number of oxazole rings is 1. The highest BCUT2D eigenvalue weighted by Gasteiger charge is 2.31. The number of piperazine rings is 1. The lowest BCUT2D eigenvalue weighted by atomic mass is 10.2. The molecule has 0 saturated carbocycles. The Balaban J connectivity index is 1.26. The summed E-state index contributed by atoms with van der Waals surface area (Å²) in [5.74, 6) is 2.17. The van der Waals surface area contributed by atoms with Crippen LogP contribution in [0.3, 0.4) is 0 Å². The molecule has 3 heterocycles. The van der Waals surface area contributed by atoms with Crippen LogP contribution in [0.15, 0.2) is 78.9 Å². The molecule has 37 heavy (non-hydrogen) atoms. The van der Waals surface area contributed by atoms with Gasteiger partial charge in [-0.05, 0) is 49.4 Å². The molecule has 9 nitrogen and oxygen atoms in total. The predicted octanol–water partition coefficient (Wildman–Crippen LogP) is 4.97. The Morgan fingerprint density at radius 3 is 2.51 bits per heavy atom. The predicted molar refractivity (Wildman–Crippen MR) is 140 cm³/mol. The number of halogens is 1. The second-order valence-electron chi connectivity index (χ2n) is 8.50. The van der Waals surface area contributed by atoms with Crippen molar-refractivity contribution in [1.82, 2.24) is 9.29 Å². The van der Waals surface area contributed by atoms with Gasteiger partial charge in [-0.3, -0.25) is 0 Å². The summed E-state index contributed by atoms with van der Waals surface area (Å²) >= 11 is 3.32. The number of nitrogens with zero attached hydrogens (tertiary/aromatic N) is 4. The zero-order valence-electron chi connectivity index (χ0n) is 19.9. The van der Waals surface area contributed by atoms with E-state index >= 15 is 0 Å². The minimum atomic E-state index is -3.63. The van der Waals surface area contributed by atoms with Crippen LogP contribution in [-0.2, 0) is 16.6 Å². The van der Waals surface area contributed by atoms with Crippen LogP contribution in [0.5, 0.6) is 5.75 Å². The van der Waals surface area contributed by atoms with Crippen LogP contribution < -0.4 is 9.64 Å². The van der Waals surface area contributed by atoms with Crippen LogP contribution in [0, 0.1) is 18.3 Å². The zero-order chi connectivity index (χ0) is 26.0. The molecular formula is C26H23BrN4O5S. The van der Waals surface area contributed by atoms with Crippen LogP contribution in [0.2, 0.25) is 0 Å². The van der Waals surface area contributed by atoms with Crippen LogP contribution in [-0.4, -0.2) is 43.9 Å². The molecule has 1 saturated heterocycles. The summed E-state index contributed by atoms with van der Waals surface area (Å²) < 4.78 is 45.7. The van der Waals surface area contributed by atoms with Crippen molar-refractivity contribution >= 4 is 31.8 Å². The quantitative estimate of drug-likeness (QED) is 0.300. The van der Waals surface area contributed by atoms with Gasteiger partial charge >= 0.3 is 0 Å². The number of ether oxygens (including phenoxy) is 1. The summed E-state index contributed by atoms with van der Waals surface area (Å²) in [6.45, 7) is 3.44. The Labute approximate surface area is 223 Å². The van der Waals surface area contributed by atoms with Gasteiger partial charge in [-0.25, -0.2) is 8.42 Å². The number of aryl methyl sites for hydroxylation is 1. The molecule has 11 heteroatoms. The van der Waals surface area contributed by atoms with Gasteiger partial charge in [-0.1, -0.05) is 39.7 Å². The molecule has 190 valence electrons. The number of aromatic nitrogens is 1. The average molecular weight is 583 g/mol. The smallest absolute Gasteiger partial charge is 0.266 e. The Hall–Kier alpha value is -3.59. The molecule has 0 amide bonds. The fourth-order valence-corrected chi connectivity index (χ4v) is 5.99. The first-order valence-electron chi connectivity index (χ1n) is 11.5. The van der Waals surface area contributed by atoms with E-state index in [1.54, 1.807) is 36.4 Å². The normalized spacial score (nSPS) is 14.5. The van der Waals surface area contributed by atoms with Crippen molar-refractivity contribution in [3.05, 3.63) is 82.2 Å². The topological polar surface area (TPSA) is 113 Å². The van der Waals surface area contributed by atoms with Gasteiger partial charge < -0.3 is 18.5 Å². The van der Waals surface area contributed by atoms with E-state index in [9.17, 15) is 13.7 Å². The van der Waals surface area contributed by atoms with E-state index < -0.39 is 10.0 Å². The number of hydrogen-bond acceptors (Lipinski definition) is 8. The van der Waals surface area contributed by atoms with E-state index in [0.29, 0.717) is 35.0 Å². The molecule has 4 aromatic rings. The third-order valence-corrected chi connectivity index (χ3v) is 8.34. The second-order valence-corrected chi connectivity index (χ2v) is 11.4. The Kier molecular flexibility index (Phi) is 7.06. The molecule has 0 N–H and O–H groups in total. The Morgan fingerprint density at radius 1 is 1.05 bits per heavy atom. The lowest BCUT2D eigenvalue weighted by Gasteiger charge is -2.33. The van der Waals surface area contributed by atoms with Crippen molar-refractivity contribution in [2.75, 3.05) is 31.1 Å². The summed E-state index contributed by atoms with van der Waals surface area (Å²) in [7, 11) is -3.63. The third kappa shape index (κ3) is 5.41. The molecule has 1 aliphatic heterocycles. The third-order valence-electron chi connectivity index (χ3n) is 5.95. The fourth-order valence-electron chi connectivity index (χ4n) is 3.97. The van der Waals surface area contributed by atoms with Gasteiger partial charge in [0, 0.05) is 30.7 Å². The van der Waals surface area contributed by atoms with Crippen LogP contribution >= 0.6 is 15.9 Å². The number of furan rings is 1. The SMILES string of the molecule is Cc1ccc(OCc2ccc(-c3nc(C#N)c(N4CCN(S(=O)(=O)c5cccc(Br)c5)CC4)o3)o2)cc1. The maximum atomic E-state index is 13.0. The van der Waals surface area contributed by atoms with E-state index in [-0.39, 0.29) is 36.2 Å². The first-order chi connectivity index (χ1) is 17.8. The van der Waals surface area contributed by atoms with Crippen molar-refractivity contribution in [3.8, 4) is 23.5 Å². The Morgan fingerprint density at radius 2 is 1.81 bits per heavy atom. The summed E-state index contributed by atoms with van der Waals surface area (Å²) in [6.07, 6.45) is 0. The van der Waals surface area contributed by atoms with E-state index in [2.05, 4.69) is 27.0 Å². The van der Waals surface area contributed by atoms with Gasteiger partial charge in [-0.2, -0.15) is 14.6 Å². The van der Waals surface area contributed by atoms with Crippen molar-refractivity contribution in [2.45, 2.75) is 18.4 Å². The number of nitriles is 1. The molecule has 2 aromatic carbocycles. The number of hydrogen-bond donors (Lipinski definition) is 0. The lowest BCUT2D eigenvalue weighted by molar-refractivity contribution is 0.271. The molecule has 0 aliphatic carbocycles. The molecule has 0 spiro atoms. The van der Waals surface area contributed by atoms with E-state index in [1.807, 2.05) is 36.1 Å². The number of benzene rings is 2. The van der Waals surface area contributed by atoms with Crippen molar-refractivity contribution in [1.29, 1.82) is 5.26 Å². The highest BCUT2D eigenvalue weighted by atomic mass is 79.9. The Bertz CT molecular complexity index is 1550. The molecule has 0 radical (unpaired) electrons. The van der Waals surface area contributed by atoms with Crippen molar-refractivity contribution in [3.63, 3.8) is 0 Å². The first-order valence-corrected chi connectivity index (χ1v) is 13.8. The van der Waals surface area contributed by atoms with Gasteiger partial charge in [-0.15, -0.1) is 0 Å². The van der Waals surface area contributed by atoms with Crippen LogP contribution in [0.4, 0.5) is 5.88 Å². The summed E-state index contributed by atoms with van der Waals surface area (Å²) in [6, 6.07) is 19.9. The fraction of sp³-hybridized carbons (Fsp3) is 0.231. The molecule has 2 aromatic heterocycles. The van der Waals surface area contributed by atoms with Crippen molar-refractivity contribution < 1.29 is 22.0 Å². The van der Waals surface area contributed by atoms with Crippen molar-refractivity contribution in [2.24, 2.45) is 0 Å².